The number of nitrogens with zero attached hydrogens (tertiary/aromatic N) is 2. The molecule has 1 heterocycles. The number of hydrogen-bond acceptors (Lipinski definition) is 7. The van der Waals surface area contributed by atoms with E-state index >= 15 is 0 Å². The molecule has 7 heteroatoms. The number of aromatic nitrogens is 2. The van der Waals surface area contributed by atoms with E-state index in [1.54, 1.807) is 0 Å². The molecular weight excluding hydrogens is 276 g/mol. The van der Waals surface area contributed by atoms with Crippen molar-refractivity contribution >= 4 is 22.1 Å². The fourth-order valence-electron chi connectivity index (χ4n) is 2.10. The summed E-state index contributed by atoms with van der Waals surface area (Å²) in [4.78, 5) is 8.62. The van der Waals surface area contributed by atoms with Gasteiger partial charge in [0, 0.05) is 17.7 Å². The zero-order valence-electron chi connectivity index (χ0n) is 11.0. The molecule has 0 radical (unpaired) electrons. The summed E-state index contributed by atoms with van der Waals surface area (Å²) in [5, 5.41) is 37.6. The molecule has 3 rings (SSSR count). The summed E-state index contributed by atoms with van der Waals surface area (Å²) in [6, 6.07) is 5.50. The molecule has 0 amide bonds. The van der Waals surface area contributed by atoms with Gasteiger partial charge >= 0.3 is 0 Å². The summed E-state index contributed by atoms with van der Waals surface area (Å²) in [6.45, 7) is 0. The van der Waals surface area contributed by atoms with E-state index in [4.69, 9.17) is 4.74 Å². The molecule has 0 saturated carbocycles. The third-order valence-corrected chi connectivity index (χ3v) is 3.14. The molecule has 0 aliphatic heterocycles. The smallest absolute Gasteiger partial charge is 0.178 e. The number of phenolic OH excluding ortho intramolecular Hbond substituents is 2. The number of aromatic hydroxyl groups is 2. The number of ether oxygens (including phenoxy) is 1. The Hall–Kier alpha value is -2.64. The van der Waals surface area contributed by atoms with Crippen LogP contribution in [0.5, 0.6) is 17.2 Å². The van der Waals surface area contributed by atoms with Crippen LogP contribution < -0.4 is 4.74 Å². The molecule has 7 nitrogen and oxygen atoms in total. The molecule has 0 atom stereocenters. The van der Waals surface area contributed by atoms with Crippen LogP contribution in [-0.4, -0.2) is 37.5 Å². The number of rotatable bonds is 2. The molecule has 4 N–H and O–H groups in total. The van der Waals surface area contributed by atoms with E-state index in [1.807, 2.05) is 0 Å². The van der Waals surface area contributed by atoms with Crippen LogP contribution in [0.1, 0.15) is 11.9 Å². The molecule has 108 valence electrons. The van der Waals surface area contributed by atoms with Crippen molar-refractivity contribution in [3.63, 3.8) is 0 Å². The molecule has 0 aliphatic carbocycles. The number of methoxy groups -OCH3 is 1. The summed E-state index contributed by atoms with van der Waals surface area (Å²) in [6.07, 6.45) is -1.66. The summed E-state index contributed by atoms with van der Waals surface area (Å²) >= 11 is 0. The number of aliphatic hydroxyl groups excluding tert-OH is 1. The first kappa shape index (κ1) is 13.3. The van der Waals surface area contributed by atoms with Crippen LogP contribution in [-0.2, 0) is 0 Å². The highest BCUT2D eigenvalue weighted by molar-refractivity contribution is 5.91. The van der Waals surface area contributed by atoms with Gasteiger partial charge in [0.15, 0.2) is 17.8 Å². The molecule has 0 fully saturated rings. The van der Waals surface area contributed by atoms with Crippen LogP contribution in [0.25, 0.3) is 22.1 Å². The molecule has 3 aromatic rings. The Kier molecular flexibility index (Phi) is 3.00. The SMILES string of the molecule is COc1cc(C(O)O)cc2nc3cc(O)c(O)cc3nc12. The predicted octanol–water partition coefficient (Wildman–Crippen LogP) is 1.19. The summed E-state index contributed by atoms with van der Waals surface area (Å²) in [7, 11) is 1.43. The highest BCUT2D eigenvalue weighted by Gasteiger charge is 2.13. The van der Waals surface area contributed by atoms with Crippen molar-refractivity contribution in [2.45, 2.75) is 6.29 Å². The molecule has 0 saturated heterocycles. The first-order valence-electron chi connectivity index (χ1n) is 6.07. The van der Waals surface area contributed by atoms with Gasteiger partial charge in [-0.1, -0.05) is 0 Å². The lowest BCUT2D eigenvalue weighted by molar-refractivity contribution is -0.0425. The van der Waals surface area contributed by atoms with Crippen LogP contribution in [0.15, 0.2) is 24.3 Å². The van der Waals surface area contributed by atoms with Crippen LogP contribution in [0.4, 0.5) is 0 Å². The summed E-state index contributed by atoms with van der Waals surface area (Å²) < 4.78 is 5.18. The van der Waals surface area contributed by atoms with Gasteiger partial charge in [0.25, 0.3) is 0 Å². The number of phenols is 2. The zero-order chi connectivity index (χ0) is 15.1. The average Bonchev–Trinajstić information content (AvgIpc) is 2.45. The number of benzene rings is 2. The van der Waals surface area contributed by atoms with Gasteiger partial charge in [-0.05, 0) is 12.1 Å². The predicted molar refractivity (Wildman–Crippen MR) is 74.1 cm³/mol. The van der Waals surface area contributed by atoms with E-state index in [-0.39, 0.29) is 17.1 Å². The van der Waals surface area contributed by atoms with Gasteiger partial charge in [-0.3, -0.25) is 0 Å². The third-order valence-electron chi connectivity index (χ3n) is 3.14. The summed E-state index contributed by atoms with van der Waals surface area (Å²) in [5.41, 5.74) is 1.77. The highest BCUT2D eigenvalue weighted by Crippen LogP contribution is 2.32. The monoisotopic (exact) mass is 288 g/mol. The largest absolute Gasteiger partial charge is 0.504 e. The van der Waals surface area contributed by atoms with E-state index in [9.17, 15) is 20.4 Å². The van der Waals surface area contributed by atoms with Gasteiger partial charge in [0.05, 0.1) is 23.7 Å². The van der Waals surface area contributed by atoms with Crippen LogP contribution in [0.2, 0.25) is 0 Å². The lowest BCUT2D eigenvalue weighted by atomic mass is 10.1. The Morgan fingerprint density at radius 2 is 1.52 bits per heavy atom. The molecular formula is C14H12N2O5. The van der Waals surface area contributed by atoms with Gasteiger partial charge < -0.3 is 25.2 Å². The number of hydrogen-bond donors (Lipinski definition) is 4. The maximum atomic E-state index is 9.52. The number of aliphatic hydroxyl groups is 2. The van der Waals surface area contributed by atoms with Crippen LogP contribution in [0, 0.1) is 0 Å². The van der Waals surface area contributed by atoms with Crippen molar-refractivity contribution in [1.29, 1.82) is 0 Å². The zero-order valence-corrected chi connectivity index (χ0v) is 11.0. The fourth-order valence-corrected chi connectivity index (χ4v) is 2.10. The normalized spacial score (nSPS) is 11.4. The minimum Gasteiger partial charge on any atom is -0.504 e. The lowest BCUT2D eigenvalue weighted by Crippen LogP contribution is -1.99. The van der Waals surface area contributed by atoms with Crippen molar-refractivity contribution in [2.24, 2.45) is 0 Å². The fraction of sp³-hybridized carbons (Fsp3) is 0.143. The maximum Gasteiger partial charge on any atom is 0.178 e. The second-order valence-corrected chi connectivity index (χ2v) is 4.52. The molecule has 0 spiro atoms. The minimum atomic E-state index is -1.66. The Labute approximate surface area is 118 Å². The van der Waals surface area contributed by atoms with Gasteiger partial charge in [0.1, 0.15) is 11.3 Å². The molecule has 0 aliphatic rings. The quantitative estimate of drug-likeness (QED) is 0.318. The number of fused-ring (bicyclic) bond motifs is 2. The van der Waals surface area contributed by atoms with Crippen LogP contribution in [0.3, 0.4) is 0 Å². The van der Waals surface area contributed by atoms with Crippen molar-refractivity contribution in [3.05, 3.63) is 29.8 Å². The minimum absolute atomic E-state index is 0.219. The third kappa shape index (κ3) is 2.18. The maximum absolute atomic E-state index is 9.52. The van der Waals surface area contributed by atoms with Crippen molar-refractivity contribution < 1.29 is 25.2 Å². The van der Waals surface area contributed by atoms with E-state index in [0.717, 1.165) is 0 Å². The van der Waals surface area contributed by atoms with Crippen molar-refractivity contribution in [2.75, 3.05) is 7.11 Å². The van der Waals surface area contributed by atoms with Gasteiger partial charge in [-0.25, -0.2) is 9.97 Å². The van der Waals surface area contributed by atoms with Gasteiger partial charge in [-0.2, -0.15) is 0 Å². The van der Waals surface area contributed by atoms with E-state index in [0.29, 0.717) is 27.8 Å². The molecule has 0 unspecified atom stereocenters. The molecule has 21 heavy (non-hydrogen) atoms. The van der Waals surface area contributed by atoms with E-state index in [1.165, 1.54) is 31.4 Å². The summed E-state index contributed by atoms with van der Waals surface area (Å²) in [5.74, 6) is -0.267. The van der Waals surface area contributed by atoms with Crippen LogP contribution >= 0.6 is 0 Å². The standard InChI is InChI=1S/C14H12N2O5/c1-21-12-3-6(14(19)20)2-9-13(12)16-8-5-11(18)10(17)4-7(8)15-9/h2-5,14,17-20H,1H3. The van der Waals surface area contributed by atoms with E-state index in [2.05, 4.69) is 9.97 Å². The van der Waals surface area contributed by atoms with Crippen molar-refractivity contribution in [3.8, 4) is 17.2 Å². The molecule has 0 bridgehead atoms. The topological polar surface area (TPSA) is 116 Å². The first-order valence-corrected chi connectivity index (χ1v) is 6.07. The van der Waals surface area contributed by atoms with Gasteiger partial charge in [0.2, 0.25) is 0 Å². The molecule has 2 aromatic carbocycles. The first-order chi connectivity index (χ1) is 9.99. The van der Waals surface area contributed by atoms with Crippen molar-refractivity contribution in [1.82, 2.24) is 9.97 Å². The Balaban J connectivity index is 2.39. The van der Waals surface area contributed by atoms with E-state index < -0.39 is 6.29 Å². The highest BCUT2D eigenvalue weighted by atomic mass is 16.5. The Bertz CT molecular complexity index is 848. The second kappa shape index (κ2) is 4.72. The molecule has 1 aromatic heterocycles. The Morgan fingerprint density at radius 3 is 2.10 bits per heavy atom. The second-order valence-electron chi connectivity index (χ2n) is 4.52. The average molecular weight is 288 g/mol. The lowest BCUT2D eigenvalue weighted by Gasteiger charge is -2.10. The Morgan fingerprint density at radius 1 is 0.905 bits per heavy atom. The van der Waals surface area contributed by atoms with Gasteiger partial charge in [-0.15, -0.1) is 0 Å².